The highest BCUT2D eigenvalue weighted by molar-refractivity contribution is 8.14. The van der Waals surface area contributed by atoms with Crippen LogP contribution in [0.2, 0.25) is 10.0 Å². The van der Waals surface area contributed by atoms with Crippen LogP contribution in [-0.2, 0) is 4.79 Å². The number of thioether (sulfide) groups is 1. The fourth-order valence-corrected chi connectivity index (χ4v) is 3.98. The zero-order valence-electron chi connectivity index (χ0n) is 12.2. The molecule has 23 heavy (non-hydrogen) atoms. The largest absolute Gasteiger partial charge is 0.327 e. The van der Waals surface area contributed by atoms with Gasteiger partial charge in [0.05, 0.1) is 6.54 Å². The third kappa shape index (κ3) is 3.82. The van der Waals surface area contributed by atoms with Gasteiger partial charge in [-0.15, -0.1) is 0 Å². The standard InChI is InChI=1S/C15H15Cl2N3O2S/c16-10-6-9(7-11(17)8-10)14(22)20-4-1-2-12(20)13(21)19-15-18-3-5-23-15/h6-8,12H,1-5H2,(H,18,19,21)/t12-/m1/s1. The molecule has 0 unspecified atom stereocenters. The summed E-state index contributed by atoms with van der Waals surface area (Å²) in [7, 11) is 0. The average molecular weight is 372 g/mol. The number of carbonyl (C=O) groups excluding carboxylic acids is 2. The Morgan fingerprint density at radius 2 is 2.00 bits per heavy atom. The minimum atomic E-state index is -0.482. The van der Waals surface area contributed by atoms with Crippen molar-refractivity contribution in [3.8, 4) is 0 Å². The average Bonchev–Trinajstić information content (AvgIpc) is 3.16. The van der Waals surface area contributed by atoms with Gasteiger partial charge in [-0.2, -0.15) is 0 Å². The number of rotatable bonds is 2. The van der Waals surface area contributed by atoms with Crippen LogP contribution in [0, 0.1) is 0 Å². The molecule has 0 aliphatic carbocycles. The van der Waals surface area contributed by atoms with Crippen LogP contribution in [-0.4, -0.2) is 46.8 Å². The van der Waals surface area contributed by atoms with E-state index in [-0.39, 0.29) is 11.8 Å². The number of hydrogen-bond acceptors (Lipinski definition) is 4. The first kappa shape index (κ1) is 16.6. The van der Waals surface area contributed by atoms with Gasteiger partial charge in [0.2, 0.25) is 5.91 Å². The first-order chi connectivity index (χ1) is 11.0. The highest BCUT2D eigenvalue weighted by atomic mass is 35.5. The minimum Gasteiger partial charge on any atom is -0.327 e. The second kappa shape index (κ2) is 7.11. The van der Waals surface area contributed by atoms with Gasteiger partial charge in [-0.1, -0.05) is 35.0 Å². The normalized spacial score (nSPS) is 20.5. The number of halogens is 2. The monoisotopic (exact) mass is 371 g/mol. The van der Waals surface area contributed by atoms with E-state index in [1.165, 1.54) is 11.8 Å². The van der Waals surface area contributed by atoms with Gasteiger partial charge in [0, 0.05) is 27.9 Å². The van der Waals surface area contributed by atoms with Crippen molar-refractivity contribution in [3.05, 3.63) is 33.8 Å². The van der Waals surface area contributed by atoms with E-state index >= 15 is 0 Å². The predicted octanol–water partition coefficient (Wildman–Crippen LogP) is 2.82. The number of carbonyl (C=O) groups is 2. The van der Waals surface area contributed by atoms with E-state index < -0.39 is 6.04 Å². The molecule has 0 saturated carbocycles. The number of amides is 2. The van der Waals surface area contributed by atoms with Crippen molar-refractivity contribution < 1.29 is 9.59 Å². The van der Waals surface area contributed by atoms with Crippen molar-refractivity contribution in [1.29, 1.82) is 0 Å². The Hall–Kier alpha value is -1.24. The highest BCUT2D eigenvalue weighted by Crippen LogP contribution is 2.24. The molecule has 3 rings (SSSR count). The molecular weight excluding hydrogens is 357 g/mol. The second-order valence-corrected chi connectivity index (χ2v) is 7.30. The summed E-state index contributed by atoms with van der Waals surface area (Å²) in [5.41, 5.74) is 0.398. The molecule has 1 saturated heterocycles. The molecule has 0 spiro atoms. The van der Waals surface area contributed by atoms with E-state index in [1.54, 1.807) is 23.1 Å². The van der Waals surface area contributed by atoms with Crippen LogP contribution in [0.15, 0.2) is 23.2 Å². The zero-order chi connectivity index (χ0) is 16.4. The van der Waals surface area contributed by atoms with Crippen molar-refractivity contribution in [3.63, 3.8) is 0 Å². The molecule has 1 N–H and O–H groups in total. The van der Waals surface area contributed by atoms with Crippen LogP contribution in [0.25, 0.3) is 0 Å². The summed E-state index contributed by atoms with van der Waals surface area (Å²) < 4.78 is 0. The van der Waals surface area contributed by atoms with E-state index in [9.17, 15) is 9.59 Å². The molecule has 2 amide bonds. The van der Waals surface area contributed by atoms with Gasteiger partial charge in [-0.25, -0.2) is 0 Å². The molecule has 2 heterocycles. The molecule has 0 aromatic heterocycles. The Kier molecular flexibility index (Phi) is 5.14. The molecule has 122 valence electrons. The number of aliphatic imine (C=N–C) groups is 1. The molecule has 0 bridgehead atoms. The molecular formula is C15H15Cl2N3O2S. The zero-order valence-corrected chi connectivity index (χ0v) is 14.5. The van der Waals surface area contributed by atoms with E-state index in [2.05, 4.69) is 10.3 Å². The highest BCUT2D eigenvalue weighted by Gasteiger charge is 2.35. The van der Waals surface area contributed by atoms with E-state index in [4.69, 9.17) is 23.2 Å². The number of hydrogen-bond donors (Lipinski definition) is 1. The van der Waals surface area contributed by atoms with Crippen LogP contribution in [0.4, 0.5) is 0 Å². The summed E-state index contributed by atoms with van der Waals surface area (Å²) in [5.74, 6) is 0.467. The summed E-state index contributed by atoms with van der Waals surface area (Å²) in [5, 5.41) is 4.25. The Balaban J connectivity index is 1.75. The van der Waals surface area contributed by atoms with Crippen LogP contribution < -0.4 is 5.32 Å². The van der Waals surface area contributed by atoms with Crippen LogP contribution in [0.3, 0.4) is 0 Å². The Morgan fingerprint density at radius 3 is 2.65 bits per heavy atom. The lowest BCUT2D eigenvalue weighted by molar-refractivity contribution is -0.123. The molecule has 5 nitrogen and oxygen atoms in total. The fraction of sp³-hybridized carbons (Fsp3) is 0.400. The van der Waals surface area contributed by atoms with Gasteiger partial charge in [0.15, 0.2) is 5.17 Å². The maximum atomic E-state index is 12.7. The molecule has 0 radical (unpaired) electrons. The topological polar surface area (TPSA) is 61.8 Å². The van der Waals surface area contributed by atoms with Gasteiger partial charge in [-0.05, 0) is 31.0 Å². The van der Waals surface area contributed by atoms with E-state index in [0.717, 1.165) is 12.2 Å². The van der Waals surface area contributed by atoms with E-state index in [1.807, 2.05) is 0 Å². The quantitative estimate of drug-likeness (QED) is 0.869. The maximum Gasteiger partial charge on any atom is 0.254 e. The second-order valence-electron chi connectivity index (χ2n) is 5.34. The van der Waals surface area contributed by atoms with Crippen molar-refractivity contribution in [1.82, 2.24) is 10.2 Å². The first-order valence-corrected chi connectivity index (χ1v) is 9.04. The Labute approximate surface area is 148 Å². The fourth-order valence-electron chi connectivity index (χ4n) is 2.72. The van der Waals surface area contributed by atoms with Gasteiger partial charge in [-0.3, -0.25) is 14.6 Å². The van der Waals surface area contributed by atoms with Gasteiger partial charge < -0.3 is 10.2 Å². The SMILES string of the molecule is O=C(NC1=NCCS1)[C@H]1CCCN1C(=O)c1cc(Cl)cc(Cl)c1. The third-order valence-electron chi connectivity index (χ3n) is 3.74. The van der Waals surface area contributed by atoms with Gasteiger partial charge in [0.1, 0.15) is 6.04 Å². The Bertz CT molecular complexity index is 660. The molecule has 1 aromatic carbocycles. The Morgan fingerprint density at radius 1 is 1.26 bits per heavy atom. The summed E-state index contributed by atoms with van der Waals surface area (Å²) in [4.78, 5) is 30.9. The summed E-state index contributed by atoms with van der Waals surface area (Å²) in [6, 6.07) is 4.23. The van der Waals surface area contributed by atoms with Crippen molar-refractivity contribution in [2.75, 3.05) is 18.8 Å². The number of amidine groups is 1. The predicted molar refractivity (Wildman–Crippen MR) is 93.4 cm³/mol. The summed E-state index contributed by atoms with van der Waals surface area (Å²) >= 11 is 13.4. The molecule has 2 aliphatic heterocycles. The first-order valence-electron chi connectivity index (χ1n) is 7.30. The lowest BCUT2D eigenvalue weighted by atomic mass is 10.1. The van der Waals surface area contributed by atoms with Crippen molar-refractivity contribution in [2.24, 2.45) is 4.99 Å². The number of likely N-dealkylation sites (tertiary alicyclic amines) is 1. The number of nitrogens with zero attached hydrogens (tertiary/aromatic N) is 2. The van der Waals surface area contributed by atoms with Gasteiger partial charge in [0.25, 0.3) is 5.91 Å². The van der Waals surface area contributed by atoms with E-state index in [0.29, 0.717) is 40.3 Å². The van der Waals surface area contributed by atoms with Crippen molar-refractivity contribution >= 4 is 51.9 Å². The van der Waals surface area contributed by atoms with Crippen LogP contribution >= 0.6 is 35.0 Å². The number of benzene rings is 1. The summed E-state index contributed by atoms with van der Waals surface area (Å²) in [6.07, 6.45) is 1.43. The number of nitrogens with one attached hydrogen (secondary N) is 1. The van der Waals surface area contributed by atoms with Crippen LogP contribution in [0.1, 0.15) is 23.2 Å². The third-order valence-corrected chi connectivity index (χ3v) is 5.07. The molecule has 1 aromatic rings. The summed E-state index contributed by atoms with van der Waals surface area (Å²) in [6.45, 7) is 1.26. The smallest absolute Gasteiger partial charge is 0.254 e. The molecule has 1 fully saturated rings. The maximum absolute atomic E-state index is 12.7. The molecule has 1 atom stereocenters. The van der Waals surface area contributed by atoms with Crippen molar-refractivity contribution in [2.45, 2.75) is 18.9 Å². The minimum absolute atomic E-state index is 0.183. The molecule has 2 aliphatic rings. The molecule has 8 heteroatoms. The lowest BCUT2D eigenvalue weighted by Crippen LogP contribution is -2.47. The lowest BCUT2D eigenvalue weighted by Gasteiger charge is -2.24. The van der Waals surface area contributed by atoms with Crippen LogP contribution in [0.5, 0.6) is 0 Å². The van der Waals surface area contributed by atoms with Gasteiger partial charge >= 0.3 is 0 Å².